The summed E-state index contributed by atoms with van der Waals surface area (Å²) in [6, 6.07) is 26.5. The van der Waals surface area contributed by atoms with Crippen LogP contribution in [0.3, 0.4) is 0 Å². The fraction of sp³-hybridized carbons (Fsp3) is 0.233. The quantitative estimate of drug-likeness (QED) is 0.265. The number of H-pyrrole nitrogens is 1. The number of rotatable bonds is 7. The third kappa shape index (κ3) is 6.06. The Labute approximate surface area is 215 Å². The number of benzene rings is 3. The number of para-hydroxylation sites is 1. The van der Waals surface area contributed by atoms with Gasteiger partial charge in [-0.25, -0.2) is 4.79 Å². The molecule has 1 atom stereocenters. The van der Waals surface area contributed by atoms with Gasteiger partial charge in [-0.3, -0.25) is 0 Å². The molecule has 7 nitrogen and oxygen atoms in total. The zero-order chi connectivity index (χ0) is 25.8. The largest absolute Gasteiger partial charge is 0.436 e. The highest BCUT2D eigenvalue weighted by Gasteiger charge is 2.27. The fourth-order valence-electron chi connectivity index (χ4n) is 4.24. The lowest BCUT2D eigenvalue weighted by atomic mass is 10.0. The van der Waals surface area contributed by atoms with E-state index in [4.69, 9.17) is 9.26 Å². The molecule has 0 aliphatic heterocycles. The van der Waals surface area contributed by atoms with E-state index in [0.29, 0.717) is 18.7 Å². The molecule has 0 saturated heterocycles. The van der Waals surface area contributed by atoms with Gasteiger partial charge in [0.1, 0.15) is 0 Å². The summed E-state index contributed by atoms with van der Waals surface area (Å²) >= 11 is 0. The van der Waals surface area contributed by atoms with Crippen LogP contribution >= 0.6 is 0 Å². The molecule has 2 N–H and O–H groups in total. The van der Waals surface area contributed by atoms with Gasteiger partial charge in [0.25, 0.3) is 5.89 Å². The summed E-state index contributed by atoms with van der Waals surface area (Å²) in [5.74, 6) is 0.802. The van der Waals surface area contributed by atoms with E-state index < -0.39 is 17.7 Å². The first kappa shape index (κ1) is 24.3. The smallest absolute Gasteiger partial charge is 0.408 e. The molecule has 0 aliphatic carbocycles. The highest BCUT2D eigenvalue weighted by molar-refractivity contribution is 5.83. The van der Waals surface area contributed by atoms with Crippen LogP contribution in [-0.4, -0.2) is 26.8 Å². The predicted octanol–water partition coefficient (Wildman–Crippen LogP) is 6.62. The van der Waals surface area contributed by atoms with Crippen LogP contribution in [0.25, 0.3) is 22.0 Å². The third-order valence-corrected chi connectivity index (χ3v) is 5.99. The van der Waals surface area contributed by atoms with Gasteiger partial charge in [0, 0.05) is 35.5 Å². The molecule has 188 valence electrons. The lowest BCUT2D eigenvalue weighted by Crippen LogP contribution is -2.41. The molecule has 5 aromatic rings. The van der Waals surface area contributed by atoms with Gasteiger partial charge in [-0.1, -0.05) is 78.0 Å². The van der Waals surface area contributed by atoms with Crippen LogP contribution in [0.1, 0.15) is 49.7 Å². The summed E-state index contributed by atoms with van der Waals surface area (Å²) in [7, 11) is 0. The molecule has 5 rings (SSSR count). The van der Waals surface area contributed by atoms with Gasteiger partial charge in [0.15, 0.2) is 11.9 Å². The minimum atomic E-state index is -0.733. The van der Waals surface area contributed by atoms with E-state index in [2.05, 4.69) is 56.8 Å². The van der Waals surface area contributed by atoms with Crippen LogP contribution in [0.4, 0.5) is 4.79 Å². The van der Waals surface area contributed by atoms with Crippen molar-refractivity contribution >= 4 is 17.0 Å². The number of ether oxygens (including phenoxy) is 1. The maximum absolute atomic E-state index is 12.7. The van der Waals surface area contributed by atoms with Crippen molar-refractivity contribution < 1.29 is 14.1 Å². The summed E-state index contributed by atoms with van der Waals surface area (Å²) < 4.78 is 11.4. The molecule has 0 unspecified atom stereocenters. The first-order valence-electron chi connectivity index (χ1n) is 12.3. The lowest BCUT2D eigenvalue weighted by Gasteiger charge is -2.22. The standard InChI is InChI=1S/C30H30N4O3/c1-30(2,3)33-29(35)36-26(18-23-19-31-25-12-8-7-11-24(23)25)28-32-27(34-37-28)17-20-13-15-22(16-14-20)21-9-5-4-6-10-21/h4-16,19,26,31H,17-18H2,1-3H3,(H,33,35)/t26-/m0/s1. The number of aromatic nitrogens is 3. The molecular weight excluding hydrogens is 464 g/mol. The maximum atomic E-state index is 12.7. The summed E-state index contributed by atoms with van der Waals surface area (Å²) in [4.78, 5) is 20.5. The van der Waals surface area contributed by atoms with E-state index in [1.165, 1.54) is 5.56 Å². The van der Waals surface area contributed by atoms with E-state index in [9.17, 15) is 4.79 Å². The van der Waals surface area contributed by atoms with Crippen LogP contribution in [0.2, 0.25) is 0 Å². The molecule has 37 heavy (non-hydrogen) atoms. The topological polar surface area (TPSA) is 93.0 Å². The van der Waals surface area contributed by atoms with E-state index in [1.807, 2.05) is 69.4 Å². The predicted molar refractivity (Wildman–Crippen MR) is 143 cm³/mol. The lowest BCUT2D eigenvalue weighted by molar-refractivity contribution is 0.0722. The molecule has 2 heterocycles. The fourth-order valence-corrected chi connectivity index (χ4v) is 4.24. The molecule has 0 spiro atoms. The number of alkyl carbamates (subject to hydrolysis) is 1. The number of hydrogen-bond donors (Lipinski definition) is 2. The molecule has 0 saturated carbocycles. The van der Waals surface area contributed by atoms with Crippen molar-refractivity contribution in [3.63, 3.8) is 0 Å². The normalized spacial score (nSPS) is 12.4. The van der Waals surface area contributed by atoms with Crippen molar-refractivity contribution in [2.45, 2.75) is 45.3 Å². The monoisotopic (exact) mass is 494 g/mol. The van der Waals surface area contributed by atoms with E-state index in [-0.39, 0.29) is 5.89 Å². The first-order chi connectivity index (χ1) is 17.8. The number of amides is 1. The number of carbonyl (C=O) groups excluding carboxylic acids is 1. The minimum Gasteiger partial charge on any atom is -0.436 e. The minimum absolute atomic E-state index is 0.269. The molecular formula is C30H30N4O3. The summed E-state index contributed by atoms with van der Waals surface area (Å²) in [5.41, 5.74) is 4.96. The van der Waals surface area contributed by atoms with Gasteiger partial charge in [-0.05, 0) is 49.1 Å². The molecule has 0 aliphatic rings. The summed E-state index contributed by atoms with van der Waals surface area (Å²) in [6.45, 7) is 5.70. The number of carbonyl (C=O) groups is 1. The van der Waals surface area contributed by atoms with E-state index in [1.54, 1.807) is 0 Å². The van der Waals surface area contributed by atoms with Crippen LogP contribution in [0.15, 0.2) is 89.6 Å². The molecule has 3 aromatic carbocycles. The van der Waals surface area contributed by atoms with Crippen molar-refractivity contribution in [3.05, 3.63) is 108 Å². The number of fused-ring (bicyclic) bond motifs is 1. The van der Waals surface area contributed by atoms with Crippen LogP contribution in [0.5, 0.6) is 0 Å². The number of hydrogen-bond acceptors (Lipinski definition) is 5. The molecule has 1 amide bonds. The van der Waals surface area contributed by atoms with Gasteiger partial charge in [-0.15, -0.1) is 0 Å². The Morgan fingerprint density at radius 1 is 0.973 bits per heavy atom. The van der Waals surface area contributed by atoms with Gasteiger partial charge in [-0.2, -0.15) is 4.98 Å². The second-order valence-electron chi connectivity index (χ2n) is 10.1. The Morgan fingerprint density at radius 3 is 2.43 bits per heavy atom. The molecule has 0 bridgehead atoms. The maximum Gasteiger partial charge on any atom is 0.408 e. The third-order valence-electron chi connectivity index (χ3n) is 5.99. The van der Waals surface area contributed by atoms with Crippen molar-refractivity contribution in [2.75, 3.05) is 0 Å². The van der Waals surface area contributed by atoms with Gasteiger partial charge < -0.3 is 19.6 Å². The summed E-state index contributed by atoms with van der Waals surface area (Å²) in [5, 5.41) is 8.08. The van der Waals surface area contributed by atoms with Crippen molar-refractivity contribution in [3.8, 4) is 11.1 Å². The highest BCUT2D eigenvalue weighted by atomic mass is 16.6. The Morgan fingerprint density at radius 2 is 1.68 bits per heavy atom. The average molecular weight is 495 g/mol. The van der Waals surface area contributed by atoms with Gasteiger partial charge in [0.05, 0.1) is 0 Å². The van der Waals surface area contributed by atoms with Crippen LogP contribution in [0, 0.1) is 0 Å². The second kappa shape index (κ2) is 10.3. The number of nitrogens with zero attached hydrogens (tertiary/aromatic N) is 2. The van der Waals surface area contributed by atoms with Crippen molar-refractivity contribution in [1.82, 2.24) is 20.4 Å². The second-order valence-corrected chi connectivity index (χ2v) is 10.1. The SMILES string of the molecule is CC(C)(C)NC(=O)O[C@@H](Cc1c[nH]c2ccccc12)c1nc(Cc2ccc(-c3ccccc3)cc2)no1. The Balaban J connectivity index is 1.35. The van der Waals surface area contributed by atoms with Crippen LogP contribution in [-0.2, 0) is 17.6 Å². The molecule has 2 aromatic heterocycles. The first-order valence-corrected chi connectivity index (χ1v) is 12.3. The van der Waals surface area contributed by atoms with E-state index >= 15 is 0 Å². The van der Waals surface area contributed by atoms with Gasteiger partial charge in [0.2, 0.25) is 0 Å². The Kier molecular flexibility index (Phi) is 6.77. The average Bonchev–Trinajstić information content (AvgIpc) is 3.51. The van der Waals surface area contributed by atoms with Gasteiger partial charge >= 0.3 is 6.09 Å². The summed E-state index contributed by atoms with van der Waals surface area (Å²) in [6.07, 6.45) is 1.56. The molecule has 0 fully saturated rings. The number of aromatic amines is 1. The van der Waals surface area contributed by atoms with Crippen molar-refractivity contribution in [1.29, 1.82) is 0 Å². The highest BCUT2D eigenvalue weighted by Crippen LogP contribution is 2.27. The van der Waals surface area contributed by atoms with E-state index in [0.717, 1.165) is 27.6 Å². The number of nitrogens with one attached hydrogen (secondary N) is 2. The Hall–Kier alpha value is -4.39. The Bertz CT molecular complexity index is 1480. The molecule has 0 radical (unpaired) electrons. The zero-order valence-electron chi connectivity index (χ0n) is 21.2. The zero-order valence-corrected chi connectivity index (χ0v) is 21.2. The van der Waals surface area contributed by atoms with Crippen LogP contribution < -0.4 is 5.32 Å². The van der Waals surface area contributed by atoms with Crippen molar-refractivity contribution in [2.24, 2.45) is 0 Å². The molecule has 7 heteroatoms.